The predicted molar refractivity (Wildman–Crippen MR) is 94.5 cm³/mol. The molecule has 1 saturated heterocycles. The van der Waals surface area contributed by atoms with E-state index in [0.717, 1.165) is 23.3 Å². The Labute approximate surface area is 153 Å². The fourth-order valence-corrected chi connectivity index (χ4v) is 3.59. The van der Waals surface area contributed by atoms with E-state index in [1.807, 2.05) is 6.92 Å². The molecule has 2 heterocycles. The van der Waals surface area contributed by atoms with E-state index in [0.29, 0.717) is 17.4 Å². The topological polar surface area (TPSA) is 86.5 Å². The molecule has 2 atom stereocenters. The van der Waals surface area contributed by atoms with Gasteiger partial charge in [-0.25, -0.2) is 4.98 Å². The lowest BCUT2D eigenvalue weighted by Crippen LogP contribution is -2.44. The summed E-state index contributed by atoms with van der Waals surface area (Å²) in [5.74, 6) is -0.259. The van der Waals surface area contributed by atoms with Gasteiger partial charge in [-0.1, -0.05) is 0 Å². The predicted octanol–water partition coefficient (Wildman–Crippen LogP) is 3.16. The number of carbonyl (C=O) groups excluding carboxylic acids is 1. The molecular formula is C17H19F2N3O3S. The second-order valence-electron chi connectivity index (χ2n) is 5.89. The largest absolute Gasteiger partial charge is 0.435 e. The molecule has 0 aliphatic carbocycles. The van der Waals surface area contributed by atoms with Crippen LogP contribution >= 0.6 is 11.3 Å². The average molecular weight is 383 g/mol. The fraction of sp³-hybridized carbons (Fsp3) is 0.412. The number of thiazole rings is 1. The molecule has 1 aromatic carbocycles. The van der Waals surface area contributed by atoms with Crippen molar-refractivity contribution in [3.05, 3.63) is 29.1 Å². The van der Waals surface area contributed by atoms with Crippen molar-refractivity contribution in [2.45, 2.75) is 38.5 Å². The Morgan fingerprint density at radius 1 is 1.42 bits per heavy atom. The smallest absolute Gasteiger partial charge is 0.387 e. The van der Waals surface area contributed by atoms with Crippen molar-refractivity contribution in [1.29, 1.82) is 0 Å². The van der Waals surface area contributed by atoms with Gasteiger partial charge in [-0.2, -0.15) is 8.78 Å². The molecule has 1 amide bonds. The highest BCUT2D eigenvalue weighted by Crippen LogP contribution is 2.31. The Hall–Kier alpha value is -2.10. The van der Waals surface area contributed by atoms with Crippen LogP contribution in [0.5, 0.6) is 5.75 Å². The Kier molecular flexibility index (Phi) is 5.80. The molecule has 1 aliphatic rings. The van der Waals surface area contributed by atoms with E-state index in [-0.39, 0.29) is 17.8 Å². The SMILES string of the molecule is Cc1sc(NC(=O)C(N)C2CCCO2)nc1-c1ccc(OC(F)F)cc1. The summed E-state index contributed by atoms with van der Waals surface area (Å²) in [6.45, 7) is -0.374. The second kappa shape index (κ2) is 8.07. The maximum absolute atomic E-state index is 12.3. The van der Waals surface area contributed by atoms with Crippen LogP contribution in [-0.2, 0) is 9.53 Å². The first-order valence-corrected chi connectivity index (χ1v) is 8.96. The van der Waals surface area contributed by atoms with E-state index in [1.165, 1.54) is 23.5 Å². The van der Waals surface area contributed by atoms with Crippen LogP contribution in [0, 0.1) is 6.92 Å². The van der Waals surface area contributed by atoms with Gasteiger partial charge in [0.1, 0.15) is 11.8 Å². The number of nitrogens with zero attached hydrogens (tertiary/aromatic N) is 1. The van der Waals surface area contributed by atoms with Crippen LogP contribution in [0.15, 0.2) is 24.3 Å². The van der Waals surface area contributed by atoms with Gasteiger partial charge in [0.05, 0.1) is 11.8 Å². The number of aryl methyl sites for hydroxylation is 1. The van der Waals surface area contributed by atoms with E-state index in [1.54, 1.807) is 12.1 Å². The fourth-order valence-electron chi connectivity index (χ4n) is 2.76. The highest BCUT2D eigenvalue weighted by Gasteiger charge is 2.29. The molecule has 3 N–H and O–H groups in total. The average Bonchev–Trinajstić information content (AvgIpc) is 3.24. The van der Waals surface area contributed by atoms with Gasteiger partial charge < -0.3 is 20.5 Å². The number of hydrogen-bond acceptors (Lipinski definition) is 6. The van der Waals surface area contributed by atoms with Crippen molar-refractivity contribution >= 4 is 22.4 Å². The number of aromatic nitrogens is 1. The first-order valence-electron chi connectivity index (χ1n) is 8.15. The zero-order valence-corrected chi connectivity index (χ0v) is 14.9. The lowest BCUT2D eigenvalue weighted by Gasteiger charge is -2.16. The standard InChI is InChI=1S/C17H19F2N3O3S/c1-9-14(10-4-6-11(7-5-10)25-16(18)19)21-17(26-9)22-15(23)13(20)12-3-2-8-24-12/h4-7,12-13,16H,2-3,8,20H2,1H3,(H,21,22,23). The molecule has 1 aliphatic heterocycles. The maximum Gasteiger partial charge on any atom is 0.387 e. The third kappa shape index (κ3) is 4.35. The van der Waals surface area contributed by atoms with Crippen molar-refractivity contribution in [2.24, 2.45) is 5.73 Å². The first kappa shape index (κ1) is 18.7. The van der Waals surface area contributed by atoms with Crippen molar-refractivity contribution in [2.75, 3.05) is 11.9 Å². The lowest BCUT2D eigenvalue weighted by molar-refractivity contribution is -0.119. The molecule has 0 radical (unpaired) electrons. The van der Waals surface area contributed by atoms with Crippen LogP contribution in [-0.4, -0.2) is 36.3 Å². The van der Waals surface area contributed by atoms with Gasteiger partial charge in [-0.3, -0.25) is 4.79 Å². The normalized spacial score (nSPS) is 18.1. The van der Waals surface area contributed by atoms with Crippen molar-refractivity contribution in [3.8, 4) is 17.0 Å². The van der Waals surface area contributed by atoms with Gasteiger partial charge >= 0.3 is 6.61 Å². The van der Waals surface area contributed by atoms with Gasteiger partial charge in [0.25, 0.3) is 0 Å². The minimum atomic E-state index is -2.86. The summed E-state index contributed by atoms with van der Waals surface area (Å²) in [5, 5.41) is 3.16. The lowest BCUT2D eigenvalue weighted by atomic mass is 10.1. The van der Waals surface area contributed by atoms with E-state index in [9.17, 15) is 13.6 Å². The molecule has 3 rings (SSSR count). The molecule has 26 heavy (non-hydrogen) atoms. The van der Waals surface area contributed by atoms with Gasteiger partial charge in [-0.15, -0.1) is 11.3 Å². The minimum absolute atomic E-state index is 0.0766. The van der Waals surface area contributed by atoms with Crippen LogP contribution in [0.2, 0.25) is 0 Å². The second-order valence-corrected chi connectivity index (χ2v) is 7.10. The van der Waals surface area contributed by atoms with Gasteiger partial charge in [0, 0.05) is 17.0 Å². The summed E-state index contributed by atoms with van der Waals surface area (Å²) in [7, 11) is 0. The number of halogens is 2. The molecule has 2 aromatic rings. The number of anilines is 1. The van der Waals surface area contributed by atoms with Crippen molar-refractivity contribution in [1.82, 2.24) is 4.98 Å². The number of carbonyl (C=O) groups is 1. The molecule has 9 heteroatoms. The molecule has 0 saturated carbocycles. The molecule has 1 fully saturated rings. The summed E-state index contributed by atoms with van der Waals surface area (Å²) in [5.41, 5.74) is 7.35. The number of benzene rings is 1. The third-order valence-corrected chi connectivity index (χ3v) is 4.93. The van der Waals surface area contributed by atoms with E-state index >= 15 is 0 Å². The van der Waals surface area contributed by atoms with Crippen molar-refractivity contribution in [3.63, 3.8) is 0 Å². The molecule has 2 unspecified atom stereocenters. The first-order chi connectivity index (χ1) is 12.4. The molecule has 140 valence electrons. The number of ether oxygens (including phenoxy) is 2. The molecule has 0 bridgehead atoms. The quantitative estimate of drug-likeness (QED) is 0.800. The van der Waals surface area contributed by atoms with Gasteiger partial charge in [-0.05, 0) is 44.0 Å². The highest BCUT2D eigenvalue weighted by molar-refractivity contribution is 7.16. The number of nitrogens with two attached hydrogens (primary N) is 1. The molecule has 0 spiro atoms. The number of hydrogen-bond donors (Lipinski definition) is 2. The summed E-state index contributed by atoms with van der Waals surface area (Å²) in [6.07, 6.45) is 1.40. The van der Waals surface area contributed by atoms with E-state index in [4.69, 9.17) is 10.5 Å². The Bertz CT molecular complexity index is 761. The number of nitrogens with one attached hydrogen (secondary N) is 1. The number of rotatable bonds is 6. The Balaban J connectivity index is 1.69. The summed E-state index contributed by atoms with van der Waals surface area (Å²) in [4.78, 5) is 17.6. The number of amides is 1. The summed E-state index contributed by atoms with van der Waals surface area (Å²) >= 11 is 1.32. The zero-order chi connectivity index (χ0) is 18.7. The Morgan fingerprint density at radius 3 is 2.77 bits per heavy atom. The number of alkyl halides is 2. The minimum Gasteiger partial charge on any atom is -0.435 e. The molecular weight excluding hydrogens is 364 g/mol. The Morgan fingerprint density at radius 2 is 2.15 bits per heavy atom. The van der Waals surface area contributed by atoms with Crippen LogP contribution in [0.4, 0.5) is 13.9 Å². The maximum atomic E-state index is 12.3. The third-order valence-electron chi connectivity index (χ3n) is 4.05. The van der Waals surface area contributed by atoms with Crippen LogP contribution in [0.25, 0.3) is 11.3 Å². The van der Waals surface area contributed by atoms with E-state index < -0.39 is 12.7 Å². The van der Waals surface area contributed by atoms with Crippen LogP contribution in [0.3, 0.4) is 0 Å². The van der Waals surface area contributed by atoms with Gasteiger partial charge in [0.15, 0.2) is 5.13 Å². The van der Waals surface area contributed by atoms with Crippen molar-refractivity contribution < 1.29 is 23.0 Å². The van der Waals surface area contributed by atoms with Gasteiger partial charge in [0.2, 0.25) is 5.91 Å². The summed E-state index contributed by atoms with van der Waals surface area (Å²) in [6, 6.07) is 5.45. The molecule has 1 aromatic heterocycles. The highest BCUT2D eigenvalue weighted by atomic mass is 32.1. The van der Waals surface area contributed by atoms with Crippen LogP contribution in [0.1, 0.15) is 17.7 Å². The van der Waals surface area contributed by atoms with Crippen LogP contribution < -0.4 is 15.8 Å². The summed E-state index contributed by atoms with van der Waals surface area (Å²) < 4.78 is 34.2. The zero-order valence-electron chi connectivity index (χ0n) is 14.1. The van der Waals surface area contributed by atoms with E-state index in [2.05, 4.69) is 15.0 Å². The monoisotopic (exact) mass is 383 g/mol. The molecule has 6 nitrogen and oxygen atoms in total.